The summed E-state index contributed by atoms with van der Waals surface area (Å²) in [7, 11) is 0. The highest BCUT2D eigenvalue weighted by Gasteiger charge is 2.27. The summed E-state index contributed by atoms with van der Waals surface area (Å²) in [6.07, 6.45) is 2.10. The van der Waals surface area contributed by atoms with Crippen LogP contribution in [0.15, 0.2) is 24.3 Å². The Balaban J connectivity index is 2.00. The minimum absolute atomic E-state index is 0.00166. The number of fused-ring (bicyclic) bond motifs is 1. The van der Waals surface area contributed by atoms with Gasteiger partial charge in [-0.2, -0.15) is 0 Å². The Bertz CT molecular complexity index is 609. The van der Waals surface area contributed by atoms with Gasteiger partial charge >= 0.3 is 0 Å². The number of carbonyl (C=O) groups is 3. The average Bonchev–Trinajstić information content (AvgIpc) is 2.58. The van der Waals surface area contributed by atoms with Gasteiger partial charge in [-0.25, -0.2) is 0 Å². The number of hydrogen-bond donors (Lipinski definition) is 1. The van der Waals surface area contributed by atoms with Gasteiger partial charge in [-0.3, -0.25) is 14.4 Å². The van der Waals surface area contributed by atoms with Gasteiger partial charge in [-0.05, 0) is 25.0 Å². The van der Waals surface area contributed by atoms with Gasteiger partial charge in [0.25, 0.3) is 0 Å². The van der Waals surface area contributed by atoms with Crippen LogP contribution < -0.4 is 10.2 Å². The molecule has 1 N–H and O–H groups in total. The maximum absolute atomic E-state index is 12.5. The van der Waals surface area contributed by atoms with E-state index in [2.05, 4.69) is 5.32 Å². The fraction of sp³-hybridized carbons (Fsp3) is 0.500. The Morgan fingerprint density at radius 2 is 1.79 bits per heavy atom. The lowest BCUT2D eigenvalue weighted by Crippen LogP contribution is -2.42. The van der Waals surface area contributed by atoms with Gasteiger partial charge in [0.15, 0.2) is 0 Å². The van der Waals surface area contributed by atoms with E-state index >= 15 is 0 Å². The lowest BCUT2D eigenvalue weighted by Gasteiger charge is -2.29. The Morgan fingerprint density at radius 3 is 2.46 bits per heavy atom. The van der Waals surface area contributed by atoms with Crippen LogP contribution in [0, 0.1) is 0 Å². The topological polar surface area (TPSA) is 69.7 Å². The van der Waals surface area contributed by atoms with Gasteiger partial charge in [0.2, 0.25) is 17.7 Å². The highest BCUT2D eigenvalue weighted by molar-refractivity contribution is 6.10. The number of anilines is 2. The lowest BCUT2D eigenvalue weighted by atomic mass is 10.1. The number of hydrogen-bond acceptors (Lipinski definition) is 3. The van der Waals surface area contributed by atoms with Gasteiger partial charge < -0.3 is 15.1 Å². The van der Waals surface area contributed by atoms with Gasteiger partial charge in [0, 0.05) is 25.9 Å². The monoisotopic (exact) mass is 331 g/mol. The van der Waals surface area contributed by atoms with Crippen LogP contribution in [0.25, 0.3) is 0 Å². The van der Waals surface area contributed by atoms with Crippen LogP contribution in [0.5, 0.6) is 0 Å². The number of rotatable bonds is 7. The first kappa shape index (κ1) is 18.0. The highest BCUT2D eigenvalue weighted by atomic mass is 16.2. The summed E-state index contributed by atoms with van der Waals surface area (Å²) in [5, 5.41) is 2.75. The Kier molecular flexibility index (Phi) is 6.35. The minimum Gasteiger partial charge on any atom is -0.343 e. The van der Waals surface area contributed by atoms with Gasteiger partial charge in [-0.15, -0.1) is 0 Å². The summed E-state index contributed by atoms with van der Waals surface area (Å²) in [4.78, 5) is 39.9. The smallest absolute Gasteiger partial charge is 0.244 e. The zero-order valence-electron chi connectivity index (χ0n) is 14.4. The fourth-order valence-corrected chi connectivity index (χ4v) is 2.86. The van der Waals surface area contributed by atoms with Crippen LogP contribution in [-0.2, 0) is 14.4 Å². The van der Waals surface area contributed by atoms with Crippen LogP contribution >= 0.6 is 0 Å². The molecule has 24 heavy (non-hydrogen) atoms. The van der Waals surface area contributed by atoms with Crippen molar-refractivity contribution < 1.29 is 14.4 Å². The van der Waals surface area contributed by atoms with E-state index in [1.807, 2.05) is 30.9 Å². The van der Waals surface area contributed by atoms with Crippen LogP contribution in [0.4, 0.5) is 11.4 Å². The molecule has 1 aliphatic rings. The predicted molar refractivity (Wildman–Crippen MR) is 93.8 cm³/mol. The van der Waals surface area contributed by atoms with Crippen LogP contribution in [-0.4, -0.2) is 42.3 Å². The van der Waals surface area contributed by atoms with Crippen molar-refractivity contribution in [3.8, 4) is 0 Å². The minimum atomic E-state index is -0.216. The zero-order chi connectivity index (χ0) is 17.5. The summed E-state index contributed by atoms with van der Waals surface area (Å²) >= 11 is 0. The predicted octanol–water partition coefficient (Wildman–Crippen LogP) is 2.40. The zero-order valence-corrected chi connectivity index (χ0v) is 14.4. The van der Waals surface area contributed by atoms with Crippen LogP contribution in [0.2, 0.25) is 0 Å². The van der Waals surface area contributed by atoms with E-state index in [4.69, 9.17) is 0 Å². The molecule has 1 heterocycles. The molecule has 0 fully saturated rings. The number of amides is 3. The SMILES string of the molecule is CCCN(CCC)C(=O)CCC(=O)N1CC(=O)Nc2ccccc21. The van der Waals surface area contributed by atoms with Gasteiger partial charge in [-0.1, -0.05) is 26.0 Å². The molecule has 2 rings (SSSR count). The molecule has 0 unspecified atom stereocenters. The van der Waals surface area contributed by atoms with Crippen molar-refractivity contribution in [2.24, 2.45) is 0 Å². The van der Waals surface area contributed by atoms with E-state index < -0.39 is 0 Å². The molecule has 0 spiro atoms. The Morgan fingerprint density at radius 1 is 1.12 bits per heavy atom. The molecule has 1 aliphatic heterocycles. The van der Waals surface area contributed by atoms with E-state index in [-0.39, 0.29) is 37.1 Å². The van der Waals surface area contributed by atoms with Gasteiger partial charge in [0.05, 0.1) is 11.4 Å². The molecule has 3 amide bonds. The quantitative estimate of drug-likeness (QED) is 0.834. The second-order valence-corrected chi connectivity index (χ2v) is 5.93. The van der Waals surface area contributed by atoms with Crippen molar-refractivity contribution in [1.29, 1.82) is 0 Å². The first-order valence-electron chi connectivity index (χ1n) is 8.53. The summed E-state index contributed by atoms with van der Waals surface area (Å²) in [5.41, 5.74) is 1.32. The molecule has 0 bridgehead atoms. The second-order valence-electron chi connectivity index (χ2n) is 5.93. The number of para-hydroxylation sites is 2. The molecule has 0 saturated heterocycles. The third-order valence-corrected chi connectivity index (χ3v) is 3.96. The number of carbonyl (C=O) groups excluding carboxylic acids is 3. The molecule has 130 valence electrons. The Labute approximate surface area is 142 Å². The molecule has 0 aliphatic carbocycles. The van der Waals surface area contributed by atoms with Crippen LogP contribution in [0.3, 0.4) is 0 Å². The maximum Gasteiger partial charge on any atom is 0.244 e. The summed E-state index contributed by atoms with van der Waals surface area (Å²) < 4.78 is 0. The van der Waals surface area contributed by atoms with E-state index in [0.717, 1.165) is 25.9 Å². The molecule has 0 aromatic heterocycles. The van der Waals surface area contributed by atoms with Crippen molar-refractivity contribution in [2.75, 3.05) is 29.9 Å². The molecular weight excluding hydrogens is 306 g/mol. The molecule has 0 saturated carbocycles. The third-order valence-electron chi connectivity index (χ3n) is 3.96. The van der Waals surface area contributed by atoms with Crippen molar-refractivity contribution >= 4 is 29.1 Å². The molecule has 1 aromatic carbocycles. The third kappa shape index (κ3) is 4.34. The summed E-state index contributed by atoms with van der Waals surface area (Å²) in [6, 6.07) is 7.20. The average molecular weight is 331 g/mol. The van der Waals surface area contributed by atoms with E-state index in [0.29, 0.717) is 11.4 Å². The summed E-state index contributed by atoms with van der Waals surface area (Å²) in [5.74, 6) is -0.410. The molecule has 6 heteroatoms. The number of nitrogens with one attached hydrogen (secondary N) is 1. The van der Waals surface area contributed by atoms with E-state index in [9.17, 15) is 14.4 Å². The number of benzene rings is 1. The standard InChI is InChI=1S/C18H25N3O3/c1-3-11-20(12-4-2)17(23)9-10-18(24)21-13-16(22)19-14-7-5-6-8-15(14)21/h5-8H,3-4,9-13H2,1-2H3,(H,19,22). The first-order chi connectivity index (χ1) is 11.6. The molecule has 6 nitrogen and oxygen atoms in total. The Hall–Kier alpha value is -2.37. The first-order valence-corrected chi connectivity index (χ1v) is 8.53. The summed E-state index contributed by atoms with van der Waals surface area (Å²) in [6.45, 7) is 5.50. The van der Waals surface area contributed by atoms with Crippen molar-refractivity contribution in [1.82, 2.24) is 4.90 Å². The molecular formula is C18H25N3O3. The highest BCUT2D eigenvalue weighted by Crippen LogP contribution is 2.29. The largest absolute Gasteiger partial charge is 0.343 e. The van der Waals surface area contributed by atoms with E-state index in [1.54, 1.807) is 12.1 Å². The van der Waals surface area contributed by atoms with Crippen molar-refractivity contribution in [3.63, 3.8) is 0 Å². The molecule has 0 atom stereocenters. The fourth-order valence-electron chi connectivity index (χ4n) is 2.86. The second kappa shape index (κ2) is 8.47. The normalized spacial score (nSPS) is 13.2. The lowest BCUT2D eigenvalue weighted by molar-refractivity contribution is -0.133. The van der Waals surface area contributed by atoms with Crippen molar-refractivity contribution in [3.05, 3.63) is 24.3 Å². The van der Waals surface area contributed by atoms with Crippen molar-refractivity contribution in [2.45, 2.75) is 39.5 Å². The molecule has 1 aromatic rings. The molecule has 0 radical (unpaired) electrons. The maximum atomic E-state index is 12.5. The number of nitrogens with zero attached hydrogens (tertiary/aromatic N) is 2. The van der Waals surface area contributed by atoms with E-state index in [1.165, 1.54) is 4.90 Å². The van der Waals surface area contributed by atoms with Crippen LogP contribution in [0.1, 0.15) is 39.5 Å². The van der Waals surface area contributed by atoms with Gasteiger partial charge in [0.1, 0.15) is 6.54 Å².